The number of ether oxygens (including phenoxy) is 2. The Morgan fingerprint density at radius 3 is 2.29 bits per heavy atom. The molecule has 0 saturated heterocycles. The molecule has 4 aromatic heterocycles. The van der Waals surface area contributed by atoms with Gasteiger partial charge in [-0.05, 0) is 26.0 Å². The van der Waals surface area contributed by atoms with E-state index in [0.717, 1.165) is 12.4 Å². The summed E-state index contributed by atoms with van der Waals surface area (Å²) in [5.41, 5.74) is 0.214. The van der Waals surface area contributed by atoms with Gasteiger partial charge in [-0.15, -0.1) is 10.2 Å². The maximum absolute atomic E-state index is 13.3. The van der Waals surface area contributed by atoms with E-state index in [1.807, 2.05) is 0 Å². The van der Waals surface area contributed by atoms with Crippen molar-refractivity contribution in [2.24, 2.45) is 0 Å². The number of aromatic nitrogens is 7. The number of hydrogen-bond donors (Lipinski definition) is 0. The van der Waals surface area contributed by atoms with Crippen LogP contribution in [0.2, 0.25) is 0 Å². The summed E-state index contributed by atoms with van der Waals surface area (Å²) in [4.78, 5) is 15.9. The van der Waals surface area contributed by atoms with Gasteiger partial charge >= 0.3 is 0 Å². The molecule has 0 bridgehead atoms. The molecule has 0 amide bonds. The highest BCUT2D eigenvalue weighted by atomic mass is 32.2. The molecule has 4 rings (SSSR count). The monoisotopic (exact) mass is 503 g/mol. The number of aryl methyl sites for hydroxylation is 1. The average molecular weight is 504 g/mol. The summed E-state index contributed by atoms with van der Waals surface area (Å²) in [7, 11) is -0.985. The average Bonchev–Trinajstić information content (AvgIpc) is 3.45. The summed E-state index contributed by atoms with van der Waals surface area (Å²) in [6.45, 7) is 3.29. The highest BCUT2D eigenvalue weighted by Gasteiger charge is 2.30. The number of sulfone groups is 1. The number of furan rings is 1. The smallest absolute Gasteiger partial charge is 0.245 e. The van der Waals surface area contributed by atoms with E-state index in [9.17, 15) is 12.8 Å². The van der Waals surface area contributed by atoms with Crippen molar-refractivity contribution in [2.45, 2.75) is 31.3 Å². The molecule has 35 heavy (non-hydrogen) atoms. The lowest BCUT2D eigenvalue weighted by Crippen LogP contribution is -2.24. The van der Waals surface area contributed by atoms with Gasteiger partial charge in [-0.25, -0.2) is 22.8 Å². The van der Waals surface area contributed by atoms with Gasteiger partial charge < -0.3 is 13.9 Å². The second-order valence-electron chi connectivity index (χ2n) is 7.57. The van der Waals surface area contributed by atoms with E-state index in [0.29, 0.717) is 11.5 Å². The van der Waals surface area contributed by atoms with Crippen molar-refractivity contribution >= 4 is 9.84 Å². The normalized spacial score (nSPS) is 12.5. The maximum atomic E-state index is 13.3. The molecule has 0 aliphatic heterocycles. The van der Waals surface area contributed by atoms with Crippen LogP contribution in [0.3, 0.4) is 0 Å². The summed E-state index contributed by atoms with van der Waals surface area (Å²) in [5.74, 6) is 0.584. The van der Waals surface area contributed by atoms with Crippen LogP contribution in [0.5, 0.6) is 11.8 Å². The van der Waals surface area contributed by atoms with Gasteiger partial charge in [-0.2, -0.15) is 9.97 Å². The van der Waals surface area contributed by atoms with Crippen molar-refractivity contribution in [3.63, 3.8) is 0 Å². The molecule has 4 aromatic rings. The Balaban J connectivity index is 1.79. The van der Waals surface area contributed by atoms with Gasteiger partial charge in [0.25, 0.3) is 0 Å². The molecule has 0 N–H and O–H groups in total. The molecular formula is C21H22FN7O5S. The van der Waals surface area contributed by atoms with E-state index in [1.54, 1.807) is 19.1 Å². The third kappa shape index (κ3) is 4.96. The largest absolute Gasteiger partial charge is 0.479 e. The van der Waals surface area contributed by atoms with Crippen LogP contribution in [-0.2, 0) is 22.0 Å². The zero-order valence-electron chi connectivity index (χ0n) is 19.3. The zero-order valence-corrected chi connectivity index (χ0v) is 20.2. The Labute approximate surface area is 200 Å². The molecule has 0 aromatic carbocycles. The Kier molecular flexibility index (Phi) is 6.73. The first-order valence-corrected chi connectivity index (χ1v) is 12.1. The molecule has 0 saturated carbocycles. The fourth-order valence-corrected chi connectivity index (χ4v) is 4.58. The Hall–Kier alpha value is -3.94. The van der Waals surface area contributed by atoms with Crippen LogP contribution < -0.4 is 9.47 Å². The molecule has 4 heterocycles. The number of nitrogens with zero attached hydrogens (tertiary/aromatic N) is 7. The first kappa shape index (κ1) is 24.2. The van der Waals surface area contributed by atoms with Crippen molar-refractivity contribution in [3.8, 4) is 29.0 Å². The molecule has 0 fully saturated rings. The lowest BCUT2D eigenvalue weighted by molar-refractivity contribution is 0.368. The minimum absolute atomic E-state index is 0.0118. The van der Waals surface area contributed by atoms with Crippen LogP contribution in [0.1, 0.15) is 24.3 Å². The third-order valence-electron chi connectivity index (χ3n) is 5.14. The first-order chi connectivity index (χ1) is 16.7. The zero-order chi connectivity index (χ0) is 25.2. The van der Waals surface area contributed by atoms with E-state index in [1.165, 1.54) is 32.0 Å². The fourth-order valence-electron chi connectivity index (χ4n) is 3.35. The second kappa shape index (κ2) is 9.74. The van der Waals surface area contributed by atoms with E-state index in [4.69, 9.17) is 13.9 Å². The molecule has 0 unspecified atom stereocenters. The summed E-state index contributed by atoms with van der Waals surface area (Å²) < 4.78 is 57.6. The number of hydrogen-bond acceptors (Lipinski definition) is 11. The Morgan fingerprint density at radius 2 is 1.71 bits per heavy atom. The summed E-state index contributed by atoms with van der Waals surface area (Å²) in [6, 6.07) is 3.43. The second-order valence-corrected chi connectivity index (χ2v) is 9.98. The number of methoxy groups -OCH3 is 2. The van der Waals surface area contributed by atoms with Crippen molar-refractivity contribution < 1.29 is 26.7 Å². The van der Waals surface area contributed by atoms with Crippen molar-refractivity contribution in [2.75, 3.05) is 14.2 Å². The van der Waals surface area contributed by atoms with E-state index in [-0.39, 0.29) is 41.3 Å². The summed E-state index contributed by atoms with van der Waals surface area (Å²) in [5, 5.41) is 7.43. The Morgan fingerprint density at radius 1 is 1.06 bits per heavy atom. The van der Waals surface area contributed by atoms with Gasteiger partial charge in [0.1, 0.15) is 23.7 Å². The van der Waals surface area contributed by atoms with Crippen molar-refractivity contribution in [1.29, 1.82) is 0 Å². The molecule has 1 atom stereocenters. The van der Waals surface area contributed by atoms with Crippen LogP contribution >= 0.6 is 0 Å². The summed E-state index contributed by atoms with van der Waals surface area (Å²) >= 11 is 0. The maximum Gasteiger partial charge on any atom is 0.245 e. The Bertz CT molecular complexity index is 1410. The minimum Gasteiger partial charge on any atom is -0.479 e. The van der Waals surface area contributed by atoms with Gasteiger partial charge in [-0.1, -0.05) is 0 Å². The first-order valence-electron chi connectivity index (χ1n) is 10.4. The van der Waals surface area contributed by atoms with E-state index >= 15 is 0 Å². The highest BCUT2D eigenvalue weighted by molar-refractivity contribution is 7.91. The van der Waals surface area contributed by atoms with Crippen LogP contribution in [0, 0.1) is 12.7 Å². The van der Waals surface area contributed by atoms with Crippen LogP contribution in [0.15, 0.2) is 35.3 Å². The topological polar surface area (TPSA) is 148 Å². The summed E-state index contributed by atoms with van der Waals surface area (Å²) in [6.07, 6.45) is 3.22. The standard InChI is InChI=1S/C21H22FN7O5S/c1-12-5-6-15(34-12)19-28-27-17(29(19)18-20(32-3)25-11-26-21(18)33-4)10-35(30,31)13(2)7-16-23-8-14(22)9-24-16/h5-6,8-9,11,13H,7,10H2,1-4H3/t13-/m1/s1. The van der Waals surface area contributed by atoms with E-state index in [2.05, 4.69) is 30.1 Å². The van der Waals surface area contributed by atoms with Crippen LogP contribution in [0.25, 0.3) is 17.3 Å². The lowest BCUT2D eigenvalue weighted by Gasteiger charge is -2.16. The van der Waals surface area contributed by atoms with Gasteiger partial charge in [0.2, 0.25) is 17.6 Å². The van der Waals surface area contributed by atoms with Gasteiger partial charge in [0.15, 0.2) is 32.9 Å². The molecule has 0 radical (unpaired) electrons. The molecule has 12 nitrogen and oxygen atoms in total. The quantitative estimate of drug-likeness (QED) is 0.331. The molecular weight excluding hydrogens is 481 g/mol. The molecule has 0 spiro atoms. The lowest BCUT2D eigenvalue weighted by atomic mass is 10.3. The van der Waals surface area contributed by atoms with Crippen molar-refractivity contribution in [1.82, 2.24) is 34.7 Å². The van der Waals surface area contributed by atoms with Gasteiger partial charge in [0, 0.05) is 6.42 Å². The predicted molar refractivity (Wildman–Crippen MR) is 120 cm³/mol. The molecule has 184 valence electrons. The fraction of sp³-hybridized carbons (Fsp3) is 0.333. The minimum atomic E-state index is -3.81. The van der Waals surface area contributed by atoms with E-state index < -0.39 is 26.7 Å². The molecule has 0 aliphatic rings. The number of halogens is 1. The highest BCUT2D eigenvalue weighted by Crippen LogP contribution is 2.34. The van der Waals surface area contributed by atoms with Crippen molar-refractivity contribution in [3.05, 3.63) is 54.1 Å². The van der Waals surface area contributed by atoms with Gasteiger partial charge in [0.05, 0.1) is 31.9 Å². The molecule has 14 heteroatoms. The SMILES string of the molecule is COc1ncnc(OC)c1-n1c(CS(=O)(=O)[C@H](C)Cc2ncc(F)cn2)nnc1-c1ccc(C)o1. The van der Waals surface area contributed by atoms with Crippen LogP contribution in [0.4, 0.5) is 4.39 Å². The number of rotatable bonds is 9. The van der Waals surface area contributed by atoms with Gasteiger partial charge in [-0.3, -0.25) is 4.57 Å². The predicted octanol–water partition coefficient (Wildman–Crippen LogP) is 2.12. The third-order valence-corrected chi connectivity index (χ3v) is 7.20. The molecule has 0 aliphatic carbocycles. The van der Waals surface area contributed by atoms with Crippen LogP contribution in [-0.4, -0.2) is 62.6 Å².